The minimum atomic E-state index is -0.285. The molecule has 0 fully saturated rings. The first kappa shape index (κ1) is 8.74. The van der Waals surface area contributed by atoms with Crippen LogP contribution in [-0.4, -0.2) is 12.3 Å². The lowest BCUT2D eigenvalue weighted by Gasteiger charge is -2.21. The first-order valence-corrected chi connectivity index (χ1v) is 3.80. The van der Waals surface area contributed by atoms with Crippen molar-refractivity contribution in [1.82, 2.24) is 0 Å². The minimum absolute atomic E-state index is 0.285. The molecule has 0 spiro atoms. The summed E-state index contributed by atoms with van der Waals surface area (Å²) in [5.41, 5.74) is 0.845. The Kier molecular flexibility index (Phi) is 2.82. The Bertz CT molecular complexity index is 248. The van der Waals surface area contributed by atoms with Crippen LogP contribution in [0.1, 0.15) is 6.92 Å². The van der Waals surface area contributed by atoms with Crippen molar-refractivity contribution in [2.75, 3.05) is 5.01 Å². The van der Waals surface area contributed by atoms with E-state index in [9.17, 15) is 4.79 Å². The molecule has 0 radical (unpaired) electrons. The van der Waals surface area contributed by atoms with Crippen LogP contribution >= 0.6 is 0 Å². The van der Waals surface area contributed by atoms with E-state index in [0.29, 0.717) is 0 Å². The fourth-order valence-electron chi connectivity index (χ4n) is 0.901. The fourth-order valence-corrected chi connectivity index (χ4v) is 0.901. The number of para-hydroxylation sites is 1. The molecule has 0 bridgehead atoms. The van der Waals surface area contributed by atoms with Crippen LogP contribution < -0.4 is 10.9 Å². The maximum Gasteiger partial charge on any atom is 0.143 e. The normalized spacial score (nSPS) is 12.2. The molecule has 0 saturated carbocycles. The lowest BCUT2D eigenvalue weighted by Crippen LogP contribution is -2.40. The summed E-state index contributed by atoms with van der Waals surface area (Å²) < 4.78 is 0. The summed E-state index contributed by atoms with van der Waals surface area (Å²) in [5, 5.41) is 1.44. The van der Waals surface area contributed by atoms with Gasteiger partial charge in [0.2, 0.25) is 0 Å². The third-order valence-corrected chi connectivity index (χ3v) is 1.69. The summed E-state index contributed by atoms with van der Waals surface area (Å²) in [6, 6.07) is 9.11. The zero-order valence-electron chi connectivity index (χ0n) is 6.97. The summed E-state index contributed by atoms with van der Waals surface area (Å²) in [7, 11) is 0. The number of nitrogens with two attached hydrogens (primary N) is 1. The van der Waals surface area contributed by atoms with Crippen LogP contribution in [0.2, 0.25) is 0 Å². The van der Waals surface area contributed by atoms with Crippen LogP contribution in [0, 0.1) is 0 Å². The third kappa shape index (κ3) is 1.83. The molecule has 2 N–H and O–H groups in total. The van der Waals surface area contributed by atoms with Gasteiger partial charge in [-0.05, 0) is 19.1 Å². The SMILES string of the molecule is CC(C=O)N(N)c1ccccc1. The highest BCUT2D eigenvalue weighted by atomic mass is 16.1. The van der Waals surface area contributed by atoms with Gasteiger partial charge in [-0.3, -0.25) is 0 Å². The van der Waals surface area contributed by atoms with Gasteiger partial charge in [0.25, 0.3) is 0 Å². The first-order valence-electron chi connectivity index (χ1n) is 3.80. The molecule has 64 valence electrons. The van der Waals surface area contributed by atoms with E-state index in [-0.39, 0.29) is 6.04 Å². The highest BCUT2D eigenvalue weighted by Crippen LogP contribution is 2.10. The van der Waals surface area contributed by atoms with Gasteiger partial charge < -0.3 is 9.80 Å². The largest absolute Gasteiger partial charge is 0.301 e. The monoisotopic (exact) mass is 164 g/mol. The molecule has 1 unspecified atom stereocenters. The van der Waals surface area contributed by atoms with Crippen molar-refractivity contribution in [2.24, 2.45) is 5.84 Å². The molecule has 0 aromatic heterocycles. The maximum atomic E-state index is 10.4. The lowest BCUT2D eigenvalue weighted by molar-refractivity contribution is -0.108. The van der Waals surface area contributed by atoms with E-state index in [0.717, 1.165) is 12.0 Å². The van der Waals surface area contributed by atoms with Crippen LogP contribution in [0.25, 0.3) is 0 Å². The quantitative estimate of drug-likeness (QED) is 0.411. The van der Waals surface area contributed by atoms with Crippen LogP contribution in [0.5, 0.6) is 0 Å². The number of carbonyl (C=O) groups is 1. The molecular weight excluding hydrogens is 152 g/mol. The second kappa shape index (κ2) is 3.88. The number of hydrogen-bond donors (Lipinski definition) is 1. The highest BCUT2D eigenvalue weighted by Gasteiger charge is 2.07. The van der Waals surface area contributed by atoms with E-state index >= 15 is 0 Å². The summed E-state index contributed by atoms with van der Waals surface area (Å²) >= 11 is 0. The van der Waals surface area contributed by atoms with E-state index in [1.54, 1.807) is 6.92 Å². The van der Waals surface area contributed by atoms with Gasteiger partial charge in [-0.15, -0.1) is 0 Å². The molecule has 3 nitrogen and oxygen atoms in total. The molecule has 12 heavy (non-hydrogen) atoms. The van der Waals surface area contributed by atoms with Crippen LogP contribution in [0.3, 0.4) is 0 Å². The number of hydrazine groups is 1. The van der Waals surface area contributed by atoms with Crippen molar-refractivity contribution >= 4 is 12.0 Å². The summed E-state index contributed by atoms with van der Waals surface area (Å²) in [5.74, 6) is 5.65. The Hall–Kier alpha value is -1.35. The second-order valence-corrected chi connectivity index (χ2v) is 2.62. The van der Waals surface area contributed by atoms with E-state index in [1.807, 2.05) is 30.3 Å². The third-order valence-electron chi connectivity index (χ3n) is 1.69. The molecular formula is C9H12N2O. The number of carbonyl (C=O) groups excluding carboxylic acids is 1. The highest BCUT2D eigenvalue weighted by molar-refractivity contribution is 5.64. The zero-order chi connectivity index (χ0) is 8.97. The predicted molar refractivity (Wildman–Crippen MR) is 48.6 cm³/mol. The number of nitrogens with zero attached hydrogens (tertiary/aromatic N) is 1. The van der Waals surface area contributed by atoms with Gasteiger partial charge in [0, 0.05) is 0 Å². The van der Waals surface area contributed by atoms with E-state index < -0.39 is 0 Å². The summed E-state index contributed by atoms with van der Waals surface area (Å²) in [6.45, 7) is 1.75. The van der Waals surface area contributed by atoms with Crippen LogP contribution in [-0.2, 0) is 4.79 Å². The predicted octanol–water partition coefficient (Wildman–Crippen LogP) is 0.954. The zero-order valence-corrected chi connectivity index (χ0v) is 6.97. The number of rotatable bonds is 3. The topological polar surface area (TPSA) is 46.3 Å². The minimum Gasteiger partial charge on any atom is -0.301 e. The molecule has 0 saturated heterocycles. The van der Waals surface area contributed by atoms with E-state index in [4.69, 9.17) is 5.84 Å². The molecule has 1 aromatic rings. The number of aldehydes is 1. The fraction of sp³-hybridized carbons (Fsp3) is 0.222. The Morgan fingerprint density at radius 1 is 1.42 bits per heavy atom. The van der Waals surface area contributed by atoms with Gasteiger partial charge in [0.05, 0.1) is 11.7 Å². The molecule has 0 aliphatic heterocycles. The van der Waals surface area contributed by atoms with Crippen molar-refractivity contribution in [3.05, 3.63) is 30.3 Å². The molecule has 3 heteroatoms. The standard InChI is InChI=1S/C9H12N2O/c1-8(7-12)11(10)9-5-3-2-4-6-9/h2-8H,10H2,1H3. The Morgan fingerprint density at radius 2 is 2.00 bits per heavy atom. The van der Waals surface area contributed by atoms with E-state index in [2.05, 4.69) is 0 Å². The van der Waals surface area contributed by atoms with E-state index in [1.165, 1.54) is 5.01 Å². The Balaban J connectivity index is 2.78. The van der Waals surface area contributed by atoms with Crippen LogP contribution in [0.15, 0.2) is 30.3 Å². The molecule has 1 aromatic carbocycles. The van der Waals surface area contributed by atoms with Crippen molar-refractivity contribution < 1.29 is 4.79 Å². The molecule has 0 aliphatic carbocycles. The first-order chi connectivity index (χ1) is 5.75. The van der Waals surface area contributed by atoms with Gasteiger partial charge in [0.15, 0.2) is 0 Å². The number of anilines is 1. The average molecular weight is 164 g/mol. The van der Waals surface area contributed by atoms with Gasteiger partial charge >= 0.3 is 0 Å². The molecule has 0 amide bonds. The van der Waals surface area contributed by atoms with Crippen molar-refractivity contribution in [3.63, 3.8) is 0 Å². The average Bonchev–Trinajstić information content (AvgIpc) is 2.17. The molecule has 0 heterocycles. The lowest BCUT2D eigenvalue weighted by atomic mass is 10.2. The van der Waals surface area contributed by atoms with Crippen molar-refractivity contribution in [3.8, 4) is 0 Å². The second-order valence-electron chi connectivity index (χ2n) is 2.62. The number of hydrogen-bond acceptors (Lipinski definition) is 3. The molecule has 0 aliphatic rings. The van der Waals surface area contributed by atoms with Gasteiger partial charge in [-0.25, -0.2) is 5.84 Å². The van der Waals surface area contributed by atoms with Gasteiger partial charge in [-0.1, -0.05) is 18.2 Å². The van der Waals surface area contributed by atoms with Gasteiger partial charge in [-0.2, -0.15) is 0 Å². The number of benzene rings is 1. The summed E-state index contributed by atoms with van der Waals surface area (Å²) in [6.07, 6.45) is 0.812. The summed E-state index contributed by atoms with van der Waals surface area (Å²) in [4.78, 5) is 10.4. The Morgan fingerprint density at radius 3 is 2.50 bits per heavy atom. The molecule has 1 atom stereocenters. The Labute approximate surface area is 71.8 Å². The van der Waals surface area contributed by atoms with Gasteiger partial charge in [0.1, 0.15) is 6.29 Å². The maximum absolute atomic E-state index is 10.4. The smallest absolute Gasteiger partial charge is 0.143 e. The van der Waals surface area contributed by atoms with Crippen LogP contribution in [0.4, 0.5) is 5.69 Å². The van der Waals surface area contributed by atoms with Crippen molar-refractivity contribution in [1.29, 1.82) is 0 Å². The van der Waals surface area contributed by atoms with Crippen molar-refractivity contribution in [2.45, 2.75) is 13.0 Å². The molecule has 1 rings (SSSR count).